The van der Waals surface area contributed by atoms with Crippen LogP contribution in [0, 0.1) is 0 Å². The number of nitrogens with zero attached hydrogens (tertiary/aromatic N) is 2. The van der Waals surface area contributed by atoms with Crippen molar-refractivity contribution < 1.29 is 14.3 Å². The lowest BCUT2D eigenvalue weighted by Gasteiger charge is -2.19. The van der Waals surface area contributed by atoms with Crippen molar-refractivity contribution in [2.75, 3.05) is 12.3 Å². The maximum atomic E-state index is 11.6. The Bertz CT molecular complexity index is 745. The molecule has 1 aromatic heterocycles. The van der Waals surface area contributed by atoms with Crippen molar-refractivity contribution >= 4 is 23.5 Å². The fourth-order valence-electron chi connectivity index (χ4n) is 2.07. The summed E-state index contributed by atoms with van der Waals surface area (Å²) in [5, 5.41) is 10.3. The van der Waals surface area contributed by atoms with Gasteiger partial charge in [-0.15, -0.1) is 10.2 Å². The summed E-state index contributed by atoms with van der Waals surface area (Å²) in [5.74, 6) is 0.626. The predicted molar refractivity (Wildman–Crippen MR) is 100 cm³/mol. The molecule has 0 unspecified atom stereocenters. The highest BCUT2D eigenvalue weighted by Crippen LogP contribution is 2.21. The molecule has 2 rings (SSSR count). The third-order valence-electron chi connectivity index (χ3n) is 3.26. The van der Waals surface area contributed by atoms with Gasteiger partial charge in [-0.25, -0.2) is 4.79 Å². The number of carbonyl (C=O) groups excluding carboxylic acids is 1. The molecule has 0 fully saturated rings. The number of amides is 1. The predicted octanol–water partition coefficient (Wildman–Crippen LogP) is 3.36. The van der Waals surface area contributed by atoms with Crippen molar-refractivity contribution in [1.82, 2.24) is 15.5 Å². The van der Waals surface area contributed by atoms with Crippen molar-refractivity contribution in [2.45, 2.75) is 39.3 Å². The van der Waals surface area contributed by atoms with Crippen LogP contribution < -0.4 is 15.8 Å². The van der Waals surface area contributed by atoms with Gasteiger partial charge in [-0.2, -0.15) is 0 Å². The van der Waals surface area contributed by atoms with Crippen LogP contribution in [-0.2, 0) is 17.7 Å². The molecule has 0 spiro atoms. The monoisotopic (exact) mass is 378 g/mol. The summed E-state index contributed by atoms with van der Waals surface area (Å²) in [6.45, 7) is 6.32. The molecule has 26 heavy (non-hydrogen) atoms. The number of nitrogens with one attached hydrogen (secondary N) is 1. The summed E-state index contributed by atoms with van der Waals surface area (Å²) in [7, 11) is 0. The highest BCUT2D eigenvalue weighted by atomic mass is 35.5. The SMILES string of the molecule is CC(C)(C)OC(=O)NCc1ccc(CCOc2cc(Cl)nnc2N)cc1. The molecule has 1 aromatic carbocycles. The van der Waals surface area contributed by atoms with E-state index in [4.69, 9.17) is 26.8 Å². The van der Waals surface area contributed by atoms with Crippen LogP contribution in [0.15, 0.2) is 30.3 Å². The van der Waals surface area contributed by atoms with Crippen LogP contribution in [-0.4, -0.2) is 28.5 Å². The van der Waals surface area contributed by atoms with Gasteiger partial charge in [-0.05, 0) is 31.9 Å². The summed E-state index contributed by atoms with van der Waals surface area (Å²) in [6, 6.07) is 9.40. The molecule has 0 saturated heterocycles. The van der Waals surface area contributed by atoms with E-state index in [-0.39, 0.29) is 11.0 Å². The van der Waals surface area contributed by atoms with Crippen LogP contribution in [0.2, 0.25) is 5.15 Å². The lowest BCUT2D eigenvalue weighted by atomic mass is 10.1. The van der Waals surface area contributed by atoms with Crippen molar-refractivity contribution in [3.05, 3.63) is 46.6 Å². The van der Waals surface area contributed by atoms with E-state index in [1.165, 1.54) is 6.07 Å². The fraction of sp³-hybridized carbons (Fsp3) is 0.389. The first-order chi connectivity index (χ1) is 12.2. The maximum Gasteiger partial charge on any atom is 0.407 e. The van der Waals surface area contributed by atoms with Gasteiger partial charge in [-0.3, -0.25) is 0 Å². The number of hydrogen-bond acceptors (Lipinski definition) is 6. The molecule has 140 valence electrons. The number of hydrogen-bond donors (Lipinski definition) is 2. The number of carbonyl (C=O) groups is 1. The Balaban J connectivity index is 1.78. The van der Waals surface area contributed by atoms with Crippen LogP contribution >= 0.6 is 11.6 Å². The molecule has 7 nitrogen and oxygen atoms in total. The molecule has 0 aliphatic carbocycles. The molecule has 0 aliphatic heterocycles. The van der Waals surface area contributed by atoms with E-state index < -0.39 is 11.7 Å². The maximum absolute atomic E-state index is 11.6. The lowest BCUT2D eigenvalue weighted by molar-refractivity contribution is 0.0523. The molecule has 3 N–H and O–H groups in total. The molecule has 0 bridgehead atoms. The Morgan fingerprint density at radius 1 is 1.19 bits per heavy atom. The van der Waals surface area contributed by atoms with Crippen LogP contribution in [0.5, 0.6) is 5.75 Å². The topological polar surface area (TPSA) is 99.4 Å². The standard InChI is InChI=1S/C18H23ClN4O3/c1-18(2,3)26-17(24)21-11-13-6-4-12(5-7-13)8-9-25-14-10-15(19)22-23-16(14)20/h4-7,10H,8-9,11H2,1-3H3,(H2,20,23)(H,21,24). The number of ether oxygens (including phenoxy) is 2. The smallest absolute Gasteiger partial charge is 0.407 e. The first-order valence-corrected chi connectivity index (χ1v) is 8.57. The Morgan fingerprint density at radius 2 is 1.85 bits per heavy atom. The second kappa shape index (κ2) is 8.71. The first-order valence-electron chi connectivity index (χ1n) is 8.19. The zero-order chi connectivity index (χ0) is 19.2. The molecule has 0 aliphatic rings. The van der Waals surface area contributed by atoms with Gasteiger partial charge in [0.25, 0.3) is 0 Å². The van der Waals surface area contributed by atoms with Gasteiger partial charge < -0.3 is 20.5 Å². The summed E-state index contributed by atoms with van der Waals surface area (Å²) in [6.07, 6.45) is 0.260. The Morgan fingerprint density at radius 3 is 2.50 bits per heavy atom. The number of nitrogens with two attached hydrogens (primary N) is 1. The normalized spacial score (nSPS) is 11.1. The zero-order valence-electron chi connectivity index (χ0n) is 15.1. The number of aromatic nitrogens is 2. The van der Waals surface area contributed by atoms with Gasteiger partial charge in [0.15, 0.2) is 16.7 Å². The number of rotatable bonds is 6. The molecule has 0 atom stereocenters. The number of halogens is 1. The molecule has 2 aromatic rings. The average molecular weight is 379 g/mol. The van der Waals surface area contributed by atoms with Crippen LogP contribution in [0.4, 0.5) is 10.6 Å². The Hall–Kier alpha value is -2.54. The van der Waals surface area contributed by atoms with E-state index in [9.17, 15) is 4.79 Å². The summed E-state index contributed by atoms with van der Waals surface area (Å²) >= 11 is 5.77. The lowest BCUT2D eigenvalue weighted by Crippen LogP contribution is -2.32. The van der Waals surface area contributed by atoms with E-state index in [1.807, 2.05) is 45.0 Å². The third-order valence-corrected chi connectivity index (χ3v) is 3.45. The molecule has 8 heteroatoms. The van der Waals surface area contributed by atoms with E-state index in [2.05, 4.69) is 15.5 Å². The van der Waals surface area contributed by atoms with Crippen molar-refractivity contribution in [3.63, 3.8) is 0 Å². The van der Waals surface area contributed by atoms with E-state index >= 15 is 0 Å². The second-order valence-corrected chi connectivity index (χ2v) is 7.07. The average Bonchev–Trinajstić information content (AvgIpc) is 2.56. The van der Waals surface area contributed by atoms with Gasteiger partial charge in [0.2, 0.25) is 0 Å². The number of nitrogen functional groups attached to an aromatic ring is 1. The van der Waals surface area contributed by atoms with Crippen molar-refractivity contribution in [3.8, 4) is 5.75 Å². The zero-order valence-corrected chi connectivity index (χ0v) is 15.8. The second-order valence-electron chi connectivity index (χ2n) is 6.69. The molecule has 0 radical (unpaired) electrons. The minimum Gasteiger partial charge on any atom is -0.489 e. The largest absolute Gasteiger partial charge is 0.489 e. The first kappa shape index (κ1) is 19.8. The van der Waals surface area contributed by atoms with Gasteiger partial charge in [0.05, 0.1) is 6.61 Å². The fourth-order valence-corrected chi connectivity index (χ4v) is 2.21. The Kier molecular flexibility index (Phi) is 6.63. The quantitative estimate of drug-likeness (QED) is 0.799. The highest BCUT2D eigenvalue weighted by molar-refractivity contribution is 6.29. The summed E-state index contributed by atoms with van der Waals surface area (Å²) in [5.41, 5.74) is 7.25. The van der Waals surface area contributed by atoms with Crippen LogP contribution in [0.3, 0.4) is 0 Å². The van der Waals surface area contributed by atoms with E-state index in [1.54, 1.807) is 0 Å². The number of alkyl carbamates (subject to hydrolysis) is 1. The van der Waals surface area contributed by atoms with Crippen LogP contribution in [0.1, 0.15) is 31.9 Å². The minimum atomic E-state index is -0.508. The minimum absolute atomic E-state index is 0.206. The summed E-state index contributed by atoms with van der Waals surface area (Å²) < 4.78 is 10.8. The highest BCUT2D eigenvalue weighted by Gasteiger charge is 2.15. The Labute approximate surface area is 157 Å². The molecular formula is C18H23ClN4O3. The van der Waals surface area contributed by atoms with Gasteiger partial charge in [0.1, 0.15) is 5.60 Å². The number of anilines is 1. The number of benzene rings is 1. The molecule has 1 amide bonds. The van der Waals surface area contributed by atoms with Crippen LogP contribution in [0.25, 0.3) is 0 Å². The third kappa shape index (κ3) is 6.76. The van der Waals surface area contributed by atoms with Crippen molar-refractivity contribution in [1.29, 1.82) is 0 Å². The van der Waals surface area contributed by atoms with E-state index in [0.29, 0.717) is 25.3 Å². The van der Waals surface area contributed by atoms with Gasteiger partial charge in [0, 0.05) is 19.0 Å². The molecular weight excluding hydrogens is 356 g/mol. The van der Waals surface area contributed by atoms with E-state index in [0.717, 1.165) is 11.1 Å². The van der Waals surface area contributed by atoms with Gasteiger partial charge in [-0.1, -0.05) is 35.9 Å². The van der Waals surface area contributed by atoms with Gasteiger partial charge >= 0.3 is 6.09 Å². The molecule has 0 saturated carbocycles. The summed E-state index contributed by atoms with van der Waals surface area (Å²) in [4.78, 5) is 11.6. The molecule has 1 heterocycles. The van der Waals surface area contributed by atoms with Crippen molar-refractivity contribution in [2.24, 2.45) is 0 Å².